The van der Waals surface area contributed by atoms with Gasteiger partial charge in [-0.3, -0.25) is 14.2 Å². The Hall–Kier alpha value is -3.91. The van der Waals surface area contributed by atoms with E-state index in [0.717, 1.165) is 11.1 Å². The number of nitrogens with one attached hydrogen (secondary N) is 1. The van der Waals surface area contributed by atoms with E-state index in [-0.39, 0.29) is 17.2 Å². The van der Waals surface area contributed by atoms with Crippen molar-refractivity contribution in [3.8, 4) is 0 Å². The van der Waals surface area contributed by atoms with Gasteiger partial charge < -0.3 is 10.1 Å². The minimum Gasteiger partial charge on any atom is -0.465 e. The molecule has 0 atom stereocenters. The number of para-hydroxylation sites is 1. The largest absolute Gasteiger partial charge is 0.465 e. The highest BCUT2D eigenvalue weighted by atomic mass is 32.2. The van der Waals surface area contributed by atoms with Gasteiger partial charge in [-0.05, 0) is 48.9 Å². The van der Waals surface area contributed by atoms with Gasteiger partial charge in [0.1, 0.15) is 0 Å². The summed E-state index contributed by atoms with van der Waals surface area (Å²) in [6.45, 7) is 2.37. The molecule has 172 valence electrons. The maximum absolute atomic E-state index is 13.2. The Labute approximate surface area is 200 Å². The Morgan fingerprint density at radius 1 is 1.00 bits per heavy atom. The topological polar surface area (TPSA) is 90.3 Å². The average molecular weight is 474 g/mol. The summed E-state index contributed by atoms with van der Waals surface area (Å²) < 4.78 is 6.29. The van der Waals surface area contributed by atoms with Crippen LogP contribution < -0.4 is 10.9 Å². The van der Waals surface area contributed by atoms with Gasteiger partial charge in [0.15, 0.2) is 5.16 Å². The van der Waals surface area contributed by atoms with Crippen LogP contribution >= 0.6 is 11.8 Å². The summed E-state index contributed by atoms with van der Waals surface area (Å²) in [5.74, 6) is -0.625. The van der Waals surface area contributed by atoms with Crippen molar-refractivity contribution in [1.29, 1.82) is 0 Å². The molecule has 0 bridgehead atoms. The SMILES string of the molecule is COC(=O)c1ccc(NC(=O)CSc2nc3ccccc3c(=O)n2Cc2ccc(C)cc2)cc1. The first kappa shape index (κ1) is 23.3. The second-order valence-corrected chi connectivity index (χ2v) is 8.64. The summed E-state index contributed by atoms with van der Waals surface area (Å²) >= 11 is 1.20. The van der Waals surface area contributed by atoms with Gasteiger partial charge in [-0.25, -0.2) is 9.78 Å². The number of esters is 1. The molecule has 0 unspecified atom stereocenters. The number of methoxy groups -OCH3 is 1. The third kappa shape index (κ3) is 5.35. The number of anilines is 1. The zero-order valence-electron chi connectivity index (χ0n) is 18.8. The second-order valence-electron chi connectivity index (χ2n) is 7.69. The molecule has 0 aliphatic rings. The lowest BCUT2D eigenvalue weighted by atomic mass is 10.1. The molecular weight excluding hydrogens is 450 g/mol. The van der Waals surface area contributed by atoms with E-state index >= 15 is 0 Å². The van der Waals surface area contributed by atoms with Gasteiger partial charge in [0.05, 0.1) is 35.9 Å². The number of nitrogens with zero attached hydrogens (tertiary/aromatic N) is 2. The van der Waals surface area contributed by atoms with Gasteiger partial charge in [-0.15, -0.1) is 0 Å². The maximum Gasteiger partial charge on any atom is 0.337 e. The number of hydrogen-bond acceptors (Lipinski definition) is 6. The monoisotopic (exact) mass is 473 g/mol. The van der Waals surface area contributed by atoms with E-state index in [1.165, 1.54) is 18.9 Å². The number of carbonyl (C=O) groups excluding carboxylic acids is 2. The number of fused-ring (bicyclic) bond motifs is 1. The molecule has 0 fully saturated rings. The van der Waals surface area contributed by atoms with Crippen molar-refractivity contribution in [3.63, 3.8) is 0 Å². The summed E-state index contributed by atoms with van der Waals surface area (Å²) in [7, 11) is 1.31. The molecule has 0 aliphatic carbocycles. The van der Waals surface area contributed by atoms with Crippen LogP contribution in [0.4, 0.5) is 5.69 Å². The molecule has 7 nitrogen and oxygen atoms in total. The number of carbonyl (C=O) groups is 2. The first-order valence-electron chi connectivity index (χ1n) is 10.6. The number of thioether (sulfide) groups is 1. The Morgan fingerprint density at radius 2 is 1.71 bits per heavy atom. The molecule has 4 rings (SSSR count). The van der Waals surface area contributed by atoms with Crippen molar-refractivity contribution in [1.82, 2.24) is 9.55 Å². The maximum atomic E-state index is 13.2. The Morgan fingerprint density at radius 3 is 2.41 bits per heavy atom. The number of benzene rings is 3. The van der Waals surface area contributed by atoms with Crippen LogP contribution in [0.5, 0.6) is 0 Å². The molecule has 1 amide bonds. The number of hydrogen-bond donors (Lipinski definition) is 1. The summed E-state index contributed by atoms with van der Waals surface area (Å²) in [5, 5.41) is 3.81. The smallest absolute Gasteiger partial charge is 0.337 e. The lowest BCUT2D eigenvalue weighted by molar-refractivity contribution is -0.113. The standard InChI is InChI=1S/C26H23N3O4S/c1-17-7-9-18(10-8-17)15-29-24(31)21-5-3-4-6-22(21)28-26(29)34-16-23(30)27-20-13-11-19(12-14-20)25(32)33-2/h3-14H,15-16H2,1-2H3,(H,27,30). The third-order valence-corrected chi connectivity index (χ3v) is 6.19. The predicted molar refractivity (Wildman–Crippen MR) is 133 cm³/mol. The molecule has 0 radical (unpaired) electrons. The van der Waals surface area contributed by atoms with Crippen molar-refractivity contribution < 1.29 is 14.3 Å². The molecule has 1 aromatic heterocycles. The van der Waals surface area contributed by atoms with E-state index in [1.807, 2.05) is 43.3 Å². The Bertz CT molecular complexity index is 1400. The first-order chi connectivity index (χ1) is 16.4. The quantitative estimate of drug-likeness (QED) is 0.245. The van der Waals surface area contributed by atoms with Gasteiger partial charge in [-0.2, -0.15) is 0 Å². The van der Waals surface area contributed by atoms with Crippen LogP contribution in [0.25, 0.3) is 10.9 Å². The molecule has 4 aromatic rings. The average Bonchev–Trinajstić information content (AvgIpc) is 2.86. The predicted octanol–water partition coefficient (Wildman–Crippen LogP) is 4.27. The highest BCUT2D eigenvalue weighted by Gasteiger charge is 2.14. The molecule has 34 heavy (non-hydrogen) atoms. The van der Waals surface area contributed by atoms with Crippen molar-refractivity contribution in [2.24, 2.45) is 0 Å². The molecule has 0 saturated carbocycles. The van der Waals surface area contributed by atoms with E-state index < -0.39 is 5.97 Å². The molecule has 0 aliphatic heterocycles. The lowest BCUT2D eigenvalue weighted by Crippen LogP contribution is -2.25. The van der Waals surface area contributed by atoms with Crippen molar-refractivity contribution in [2.45, 2.75) is 18.6 Å². The zero-order chi connectivity index (χ0) is 24.1. The fourth-order valence-corrected chi connectivity index (χ4v) is 4.21. The van der Waals surface area contributed by atoms with Gasteiger partial charge in [0.25, 0.3) is 5.56 Å². The fraction of sp³-hybridized carbons (Fsp3) is 0.154. The molecule has 1 heterocycles. The number of ether oxygens (including phenoxy) is 1. The van der Waals surface area contributed by atoms with Crippen LogP contribution in [-0.2, 0) is 16.1 Å². The van der Waals surface area contributed by atoms with Crippen LogP contribution in [0.3, 0.4) is 0 Å². The van der Waals surface area contributed by atoms with E-state index in [2.05, 4.69) is 15.0 Å². The summed E-state index contributed by atoms with van der Waals surface area (Å²) in [6.07, 6.45) is 0. The normalized spacial score (nSPS) is 10.8. The van der Waals surface area contributed by atoms with Crippen LogP contribution in [0, 0.1) is 6.92 Å². The van der Waals surface area contributed by atoms with Gasteiger partial charge >= 0.3 is 5.97 Å². The Balaban J connectivity index is 1.54. The zero-order valence-corrected chi connectivity index (χ0v) is 19.6. The fourth-order valence-electron chi connectivity index (χ4n) is 3.41. The molecule has 8 heteroatoms. The number of amides is 1. The number of aryl methyl sites for hydroxylation is 1. The highest BCUT2D eigenvalue weighted by molar-refractivity contribution is 7.99. The second kappa shape index (κ2) is 10.4. The third-order valence-electron chi connectivity index (χ3n) is 5.21. The molecular formula is C26H23N3O4S. The summed E-state index contributed by atoms with van der Waals surface area (Å²) in [6, 6.07) is 21.6. The molecule has 1 N–H and O–H groups in total. The summed E-state index contributed by atoms with van der Waals surface area (Å²) in [4.78, 5) is 42.0. The van der Waals surface area contributed by atoms with Gasteiger partial charge in [-0.1, -0.05) is 53.7 Å². The van der Waals surface area contributed by atoms with Crippen LogP contribution in [-0.4, -0.2) is 34.3 Å². The van der Waals surface area contributed by atoms with Crippen LogP contribution in [0.15, 0.2) is 82.7 Å². The van der Waals surface area contributed by atoms with Crippen molar-refractivity contribution in [3.05, 3.63) is 99.8 Å². The van der Waals surface area contributed by atoms with Gasteiger partial charge in [0.2, 0.25) is 5.91 Å². The van der Waals surface area contributed by atoms with Gasteiger partial charge in [0, 0.05) is 5.69 Å². The lowest BCUT2D eigenvalue weighted by Gasteiger charge is -2.13. The highest BCUT2D eigenvalue weighted by Crippen LogP contribution is 2.20. The van der Waals surface area contributed by atoms with Crippen molar-refractivity contribution in [2.75, 3.05) is 18.2 Å². The number of rotatable bonds is 7. The Kier molecular flexibility index (Phi) is 7.08. The first-order valence-corrected chi connectivity index (χ1v) is 11.6. The molecule has 0 spiro atoms. The minimum absolute atomic E-state index is 0.0669. The van der Waals surface area contributed by atoms with Crippen molar-refractivity contribution >= 4 is 40.2 Å². The van der Waals surface area contributed by atoms with E-state index in [9.17, 15) is 14.4 Å². The summed E-state index contributed by atoms with van der Waals surface area (Å²) in [5.41, 5.74) is 3.51. The van der Waals surface area contributed by atoms with Crippen LogP contribution in [0.2, 0.25) is 0 Å². The van der Waals surface area contributed by atoms with E-state index in [4.69, 9.17) is 0 Å². The van der Waals surface area contributed by atoms with Crippen LogP contribution in [0.1, 0.15) is 21.5 Å². The number of aromatic nitrogens is 2. The minimum atomic E-state index is -0.442. The molecule has 3 aromatic carbocycles. The van der Waals surface area contributed by atoms with E-state index in [0.29, 0.717) is 33.9 Å². The van der Waals surface area contributed by atoms with E-state index in [1.54, 1.807) is 41.0 Å². The molecule has 0 saturated heterocycles.